The summed E-state index contributed by atoms with van der Waals surface area (Å²) >= 11 is 3.62. The maximum Gasteiger partial charge on any atom is 0.127 e. The average molecular weight is 338 g/mol. The number of hydrogen-bond acceptors (Lipinski definition) is 2. The van der Waals surface area contributed by atoms with E-state index in [-0.39, 0.29) is 0 Å². The standard InChI is InChI=1S/C17H24BrNO/c1-12(13-5-3-2-4-6-13)19-11-15-10-16(18)9-14-7-8-20-17(14)15/h9-10,12-13,19H,2-8,11H2,1H3. The molecule has 1 atom stereocenters. The normalized spacial score (nSPS) is 20.5. The lowest BCUT2D eigenvalue weighted by molar-refractivity contribution is 0.279. The van der Waals surface area contributed by atoms with E-state index >= 15 is 0 Å². The van der Waals surface area contributed by atoms with Crippen molar-refractivity contribution < 1.29 is 4.74 Å². The molecule has 2 aliphatic rings. The van der Waals surface area contributed by atoms with E-state index in [2.05, 4.69) is 40.3 Å². The van der Waals surface area contributed by atoms with Crippen LogP contribution >= 0.6 is 15.9 Å². The predicted octanol–water partition coefficient (Wildman–Crippen LogP) is 4.44. The summed E-state index contributed by atoms with van der Waals surface area (Å²) in [5, 5.41) is 3.72. The first-order chi connectivity index (χ1) is 9.74. The zero-order valence-electron chi connectivity index (χ0n) is 12.3. The first kappa shape index (κ1) is 14.4. The van der Waals surface area contributed by atoms with Crippen molar-refractivity contribution in [1.82, 2.24) is 5.32 Å². The van der Waals surface area contributed by atoms with Gasteiger partial charge in [-0.15, -0.1) is 0 Å². The van der Waals surface area contributed by atoms with Crippen molar-refractivity contribution >= 4 is 15.9 Å². The van der Waals surface area contributed by atoms with Crippen LogP contribution in [-0.4, -0.2) is 12.6 Å². The van der Waals surface area contributed by atoms with Crippen molar-refractivity contribution in [2.75, 3.05) is 6.61 Å². The third-order valence-electron chi connectivity index (χ3n) is 4.80. The maximum absolute atomic E-state index is 5.80. The smallest absolute Gasteiger partial charge is 0.127 e. The Morgan fingerprint density at radius 2 is 2.10 bits per heavy atom. The summed E-state index contributed by atoms with van der Waals surface area (Å²) in [4.78, 5) is 0. The Labute approximate surface area is 130 Å². The summed E-state index contributed by atoms with van der Waals surface area (Å²) in [6, 6.07) is 4.99. The molecule has 1 saturated carbocycles. The van der Waals surface area contributed by atoms with Gasteiger partial charge in [-0.25, -0.2) is 0 Å². The highest BCUT2D eigenvalue weighted by molar-refractivity contribution is 9.10. The van der Waals surface area contributed by atoms with Gasteiger partial charge in [0.25, 0.3) is 0 Å². The molecule has 0 amide bonds. The molecule has 1 aromatic carbocycles. The fraction of sp³-hybridized carbons (Fsp3) is 0.647. The summed E-state index contributed by atoms with van der Waals surface area (Å²) < 4.78 is 6.97. The highest BCUT2D eigenvalue weighted by atomic mass is 79.9. The first-order valence-electron chi connectivity index (χ1n) is 7.91. The summed E-state index contributed by atoms with van der Waals surface area (Å²) in [5.74, 6) is 1.97. The molecule has 0 spiro atoms. The van der Waals surface area contributed by atoms with Crippen LogP contribution in [0.2, 0.25) is 0 Å². The van der Waals surface area contributed by atoms with Crippen LogP contribution in [0.5, 0.6) is 5.75 Å². The summed E-state index contributed by atoms with van der Waals surface area (Å²) in [6.07, 6.45) is 8.07. The molecule has 1 heterocycles. The number of nitrogens with one attached hydrogen (secondary N) is 1. The molecule has 2 nitrogen and oxygen atoms in total. The molecule has 0 aromatic heterocycles. The second kappa shape index (κ2) is 6.48. The Kier molecular flexibility index (Phi) is 4.67. The van der Waals surface area contributed by atoms with Crippen LogP contribution in [0, 0.1) is 5.92 Å². The Hall–Kier alpha value is -0.540. The SMILES string of the molecule is CC(NCc1cc(Br)cc2c1OCC2)C1CCCCC1. The van der Waals surface area contributed by atoms with Crippen LogP contribution in [0.3, 0.4) is 0 Å². The van der Waals surface area contributed by atoms with E-state index < -0.39 is 0 Å². The second-order valence-electron chi connectivity index (χ2n) is 6.22. The van der Waals surface area contributed by atoms with Gasteiger partial charge in [-0.2, -0.15) is 0 Å². The summed E-state index contributed by atoms with van der Waals surface area (Å²) in [6.45, 7) is 4.09. The lowest BCUT2D eigenvalue weighted by Crippen LogP contribution is -2.34. The van der Waals surface area contributed by atoms with Gasteiger partial charge < -0.3 is 10.1 Å². The molecule has 0 radical (unpaired) electrons. The van der Waals surface area contributed by atoms with E-state index in [1.807, 2.05) is 0 Å². The van der Waals surface area contributed by atoms with Crippen LogP contribution in [-0.2, 0) is 13.0 Å². The van der Waals surface area contributed by atoms with E-state index in [4.69, 9.17) is 4.74 Å². The van der Waals surface area contributed by atoms with Gasteiger partial charge in [0, 0.05) is 29.0 Å². The number of hydrogen-bond donors (Lipinski definition) is 1. The van der Waals surface area contributed by atoms with E-state index in [0.717, 1.165) is 31.2 Å². The van der Waals surface area contributed by atoms with Crippen LogP contribution in [0.25, 0.3) is 0 Å². The van der Waals surface area contributed by atoms with Crippen LogP contribution in [0.4, 0.5) is 0 Å². The van der Waals surface area contributed by atoms with Crippen molar-refractivity contribution in [3.05, 3.63) is 27.7 Å². The molecule has 1 unspecified atom stereocenters. The number of fused-ring (bicyclic) bond motifs is 1. The highest BCUT2D eigenvalue weighted by Crippen LogP contribution is 2.33. The van der Waals surface area contributed by atoms with E-state index in [1.165, 1.54) is 47.7 Å². The molecule has 20 heavy (non-hydrogen) atoms. The van der Waals surface area contributed by atoms with Crippen LogP contribution < -0.4 is 10.1 Å². The summed E-state index contributed by atoms with van der Waals surface area (Å²) in [7, 11) is 0. The van der Waals surface area contributed by atoms with Gasteiger partial charge in [-0.1, -0.05) is 35.2 Å². The minimum Gasteiger partial charge on any atom is -0.493 e. The molecule has 0 saturated heterocycles. The van der Waals surface area contributed by atoms with Gasteiger partial charge in [0.05, 0.1) is 6.61 Å². The van der Waals surface area contributed by atoms with Crippen molar-refractivity contribution in [1.29, 1.82) is 0 Å². The molecule has 1 aromatic rings. The zero-order valence-corrected chi connectivity index (χ0v) is 13.8. The Morgan fingerprint density at radius 1 is 1.30 bits per heavy atom. The quantitative estimate of drug-likeness (QED) is 0.876. The predicted molar refractivity (Wildman–Crippen MR) is 86.2 cm³/mol. The van der Waals surface area contributed by atoms with Crippen molar-refractivity contribution in [2.45, 2.75) is 58.0 Å². The molecule has 1 aliphatic carbocycles. The van der Waals surface area contributed by atoms with Gasteiger partial charge in [-0.3, -0.25) is 0 Å². The molecule has 1 aliphatic heterocycles. The van der Waals surface area contributed by atoms with Gasteiger partial charge >= 0.3 is 0 Å². The number of halogens is 1. The molecule has 3 heteroatoms. The average Bonchev–Trinajstić information content (AvgIpc) is 2.93. The summed E-state index contributed by atoms with van der Waals surface area (Å²) in [5.41, 5.74) is 2.65. The van der Waals surface area contributed by atoms with Gasteiger partial charge in [0.1, 0.15) is 5.75 Å². The van der Waals surface area contributed by atoms with E-state index in [9.17, 15) is 0 Å². The molecule has 110 valence electrons. The monoisotopic (exact) mass is 337 g/mol. The third-order valence-corrected chi connectivity index (χ3v) is 5.25. The lowest BCUT2D eigenvalue weighted by atomic mass is 9.84. The van der Waals surface area contributed by atoms with Crippen LogP contribution in [0.1, 0.15) is 50.2 Å². The molecule has 0 bridgehead atoms. The van der Waals surface area contributed by atoms with Gasteiger partial charge in [0.2, 0.25) is 0 Å². The Bertz CT molecular complexity index is 468. The lowest BCUT2D eigenvalue weighted by Gasteiger charge is -2.28. The Balaban J connectivity index is 1.63. The maximum atomic E-state index is 5.80. The minimum atomic E-state index is 0.603. The highest BCUT2D eigenvalue weighted by Gasteiger charge is 2.21. The van der Waals surface area contributed by atoms with E-state index in [0.29, 0.717) is 6.04 Å². The third kappa shape index (κ3) is 3.20. The van der Waals surface area contributed by atoms with Gasteiger partial charge in [-0.05, 0) is 43.4 Å². The van der Waals surface area contributed by atoms with Crippen LogP contribution in [0.15, 0.2) is 16.6 Å². The topological polar surface area (TPSA) is 21.3 Å². The second-order valence-corrected chi connectivity index (χ2v) is 7.13. The Morgan fingerprint density at radius 3 is 2.90 bits per heavy atom. The van der Waals surface area contributed by atoms with E-state index in [1.54, 1.807) is 0 Å². The molecular formula is C17H24BrNO. The number of benzene rings is 1. The zero-order chi connectivity index (χ0) is 13.9. The fourth-order valence-corrected chi connectivity index (χ4v) is 4.10. The molecule has 1 fully saturated rings. The number of rotatable bonds is 4. The number of ether oxygens (including phenoxy) is 1. The van der Waals surface area contributed by atoms with Crippen molar-refractivity contribution in [2.24, 2.45) is 5.92 Å². The van der Waals surface area contributed by atoms with Crippen molar-refractivity contribution in [3.63, 3.8) is 0 Å². The van der Waals surface area contributed by atoms with Gasteiger partial charge in [0.15, 0.2) is 0 Å². The van der Waals surface area contributed by atoms with Crippen molar-refractivity contribution in [3.8, 4) is 5.75 Å². The molecular weight excluding hydrogens is 314 g/mol. The fourth-order valence-electron chi connectivity index (χ4n) is 3.55. The molecule has 1 N–H and O–H groups in total. The minimum absolute atomic E-state index is 0.603. The largest absolute Gasteiger partial charge is 0.493 e. The first-order valence-corrected chi connectivity index (χ1v) is 8.71. The molecule has 3 rings (SSSR count).